The van der Waals surface area contributed by atoms with Gasteiger partial charge in [0.15, 0.2) is 0 Å². The van der Waals surface area contributed by atoms with Crippen LogP contribution >= 0.6 is 138 Å². The lowest BCUT2D eigenvalue weighted by Crippen LogP contribution is -2.45. The van der Waals surface area contributed by atoms with Gasteiger partial charge in [-0.25, -0.2) is 39.9 Å². The number of carbonyl (C=O) groups is 1. The van der Waals surface area contributed by atoms with Crippen LogP contribution in [0.3, 0.4) is 0 Å². The molecule has 36 heteroatoms. The molecule has 0 radical (unpaired) electrons. The van der Waals surface area contributed by atoms with E-state index in [9.17, 15) is 9.90 Å². The van der Waals surface area contributed by atoms with E-state index in [1.165, 1.54) is 46.9 Å². The summed E-state index contributed by atoms with van der Waals surface area (Å²) < 4.78 is 28.1. The molecule has 0 spiro atoms. The summed E-state index contributed by atoms with van der Waals surface area (Å²) in [5.74, 6) is 2.96. The molecule has 6 aliphatic rings. The number of amides is 1. The van der Waals surface area contributed by atoms with E-state index in [2.05, 4.69) is 93.9 Å². The zero-order valence-corrected chi connectivity index (χ0v) is 70.6. The van der Waals surface area contributed by atoms with Gasteiger partial charge in [-0.05, 0) is 75.2 Å². The van der Waals surface area contributed by atoms with Crippen LogP contribution in [0.1, 0.15) is 73.2 Å². The normalized spacial score (nSPS) is 14.4. The Morgan fingerprint density at radius 3 is 1.05 bits per heavy atom. The van der Waals surface area contributed by atoms with Crippen LogP contribution in [0.25, 0.3) is 103 Å². The van der Waals surface area contributed by atoms with Crippen LogP contribution in [0.5, 0.6) is 23.0 Å². The second-order valence-corrected chi connectivity index (χ2v) is 35.1. The number of nitrogens with two attached hydrogens (primary N) is 4. The number of aliphatic hydroxyl groups is 1. The van der Waals surface area contributed by atoms with Crippen molar-refractivity contribution in [3.8, 4) is 68.0 Å². The maximum absolute atomic E-state index is 12.5. The molecule has 586 valence electrons. The van der Waals surface area contributed by atoms with Crippen LogP contribution < -0.4 is 47.2 Å². The minimum Gasteiger partial charge on any atom is -0.491 e. The summed E-state index contributed by atoms with van der Waals surface area (Å²) in [7, 11) is 7.49. The lowest BCUT2D eigenvalue weighted by molar-refractivity contribution is -0.0521. The zero-order chi connectivity index (χ0) is 80.1. The van der Waals surface area contributed by atoms with Gasteiger partial charge < -0.3 is 66.8 Å². The smallest absolute Gasteiger partial charge is 0.261 e. The van der Waals surface area contributed by atoms with Crippen molar-refractivity contribution in [2.24, 2.45) is 0 Å². The van der Waals surface area contributed by atoms with Crippen molar-refractivity contribution in [2.45, 2.75) is 70.1 Å². The number of hydrogen-bond acceptors (Lipinski definition) is 27. The first-order valence-corrected chi connectivity index (χ1v) is 41.4. The van der Waals surface area contributed by atoms with E-state index in [1.807, 2.05) is 13.1 Å². The summed E-state index contributed by atoms with van der Waals surface area (Å²) >= 11 is 57.3. The average molecular weight is 1760 g/mol. The van der Waals surface area contributed by atoms with Crippen LogP contribution in [0.4, 0.5) is 23.8 Å². The summed E-state index contributed by atoms with van der Waals surface area (Å²) in [6.07, 6.45) is 5.21. The summed E-state index contributed by atoms with van der Waals surface area (Å²) in [4.78, 5) is 64.0. The molecule has 5 aliphatic heterocycles. The predicted octanol–water partition coefficient (Wildman–Crippen LogP) is 18.1. The first-order valence-electron chi connectivity index (χ1n) is 35.2. The number of thiophene rings is 4. The molecule has 0 bridgehead atoms. The number of nitrogens with one attached hydrogen (secondary N) is 1. The van der Waals surface area contributed by atoms with E-state index in [4.69, 9.17) is 144 Å². The highest BCUT2D eigenvalue weighted by atomic mass is 35.5. The predicted molar refractivity (Wildman–Crippen MR) is 460 cm³/mol. The molecular weight excluding hydrogens is 1690 g/mol. The summed E-state index contributed by atoms with van der Waals surface area (Å²) in [5.41, 5.74) is 35.0. The number of benzene rings is 4. The van der Waals surface area contributed by atoms with Crippen LogP contribution in [-0.2, 0) is 35.3 Å². The molecule has 4 aromatic carbocycles. The number of carbonyl (C=O) groups excluding carboxylic acids is 1. The summed E-state index contributed by atoms with van der Waals surface area (Å²) in [5, 5.41) is 21.4. The molecular formula is C77H70Cl8N16O8S4. The molecule has 0 unspecified atom stereocenters. The number of hydrogen-bond donors (Lipinski definition) is 6. The van der Waals surface area contributed by atoms with Crippen molar-refractivity contribution in [3.63, 3.8) is 0 Å². The molecule has 1 aliphatic carbocycles. The maximum atomic E-state index is 12.5. The Balaban J connectivity index is 0.000000119. The highest BCUT2D eigenvalue weighted by Crippen LogP contribution is 2.52. The largest absolute Gasteiger partial charge is 0.491 e. The molecule has 0 atom stereocenters. The van der Waals surface area contributed by atoms with Crippen LogP contribution in [0, 0.1) is 0 Å². The van der Waals surface area contributed by atoms with Crippen LogP contribution in [-0.4, -0.2) is 158 Å². The average Bonchev–Trinajstić information content (AvgIpc) is 1.77. The molecule has 24 nitrogen and oxygen atoms in total. The third kappa shape index (κ3) is 15.8. The quantitative estimate of drug-likeness (QED) is 0.0490. The van der Waals surface area contributed by atoms with Crippen LogP contribution in [0.2, 0.25) is 40.2 Å². The summed E-state index contributed by atoms with van der Waals surface area (Å²) in [6, 6.07) is 15.5. The lowest BCUT2D eigenvalue weighted by atomic mass is 10.00. The minimum absolute atomic E-state index is 0.0801. The molecule has 10 N–H and O–H groups in total. The van der Waals surface area contributed by atoms with Gasteiger partial charge in [0.2, 0.25) is 23.8 Å². The van der Waals surface area contributed by atoms with Crippen LogP contribution in [0.15, 0.2) is 68.3 Å². The third-order valence-corrected chi connectivity index (χ3v) is 26.2. The number of nitrogens with zero attached hydrogens (tertiary/aromatic N) is 11. The maximum Gasteiger partial charge on any atom is 0.261 e. The van der Waals surface area contributed by atoms with Crippen molar-refractivity contribution >= 4 is 226 Å². The van der Waals surface area contributed by atoms with E-state index in [0.717, 1.165) is 108 Å². The number of hydroxylamine groups is 2. The van der Waals surface area contributed by atoms with Crippen molar-refractivity contribution in [1.29, 1.82) is 0 Å². The Morgan fingerprint density at radius 1 is 0.478 bits per heavy atom. The first-order chi connectivity index (χ1) is 53.9. The van der Waals surface area contributed by atoms with Crippen molar-refractivity contribution < 1.29 is 38.4 Å². The monoisotopic (exact) mass is 1750 g/mol. The number of fused-ring (bicyclic) bond motifs is 8. The van der Waals surface area contributed by atoms with Gasteiger partial charge in [0, 0.05) is 137 Å². The van der Waals surface area contributed by atoms with Gasteiger partial charge in [0.05, 0.1) is 147 Å². The molecule has 1 amide bonds. The highest BCUT2D eigenvalue weighted by Gasteiger charge is 2.35. The van der Waals surface area contributed by atoms with E-state index < -0.39 is 5.60 Å². The van der Waals surface area contributed by atoms with Gasteiger partial charge in [-0.3, -0.25) is 14.7 Å². The van der Waals surface area contributed by atoms with E-state index in [0.29, 0.717) is 178 Å². The summed E-state index contributed by atoms with van der Waals surface area (Å²) in [6.45, 7) is 19.6. The van der Waals surface area contributed by atoms with Gasteiger partial charge in [0.1, 0.15) is 42.3 Å². The molecule has 2 fully saturated rings. The van der Waals surface area contributed by atoms with Gasteiger partial charge in [0.25, 0.3) is 5.91 Å². The fourth-order valence-electron chi connectivity index (χ4n) is 13.6. The van der Waals surface area contributed by atoms with Gasteiger partial charge in [-0.2, -0.15) is 0 Å². The number of aromatic nitrogens is 8. The fraction of sp³-hybridized carbons (Fsp3) is 0.286. The number of ether oxygens (including phenoxy) is 5. The standard InChI is InChI=1S/C20H18Cl2N4O2S.C20H18Cl2N4OS.C19H18Cl2N4O3S.C18H16Cl2N4O2S/c1-9(26(2)10-7-27-8-10)15-5-12-17(24-20(23)25-19(12)29-15)16-11-3-4-28-18(11)14(22)6-13(16)21;1-9(26(2)10-3-4-10)15-7-12-17(24-20(23)25-19(12)28-15)16-11-5-6-27-18(11)14(22)8-13(16)21;1-19(2,27)7-23-16(26)12-5-9-14(24-18(22)25-17(9)29-12)13-8-3-4-28-15(8)11(21)6-10(13)20;1-8(24(2)25-3)13-6-10-15(22-18(21)23-17(10)27-13)14-9-4-5-26-16(9)12(20)7-11(14)19/h5-6,10H,1,3-4,7-8H2,2H3,(H2,23,24,25);7-8,10H,1,3-6H2,2H3,(H2,23,24,25);5-6,27H,3-4,7H2,1-2H3,(H,23,26)(H2,22,24,25);6-7H,1,4-5H2,2-3H3,(H2,21,22,23). The second kappa shape index (κ2) is 32.1. The van der Waals surface area contributed by atoms with Gasteiger partial charge in [-0.1, -0.05) is 113 Å². The number of anilines is 4. The Bertz CT molecular complexity index is 5950. The first kappa shape index (κ1) is 79.9. The molecule has 12 aromatic rings. The lowest BCUT2D eigenvalue weighted by Gasteiger charge is -2.36. The topological polar surface area (TPSA) is 322 Å². The highest BCUT2D eigenvalue weighted by molar-refractivity contribution is 7.21. The van der Waals surface area contributed by atoms with E-state index >= 15 is 0 Å². The molecule has 1 saturated carbocycles. The Morgan fingerprint density at radius 2 is 0.770 bits per heavy atom. The number of nitrogen functional groups attached to an aromatic ring is 4. The minimum atomic E-state index is -1.01. The molecule has 13 heterocycles. The number of halogens is 8. The van der Waals surface area contributed by atoms with Crippen molar-refractivity contribution in [2.75, 3.05) is 97.4 Å². The Hall–Kier alpha value is -8.27. The molecule has 1 saturated heterocycles. The number of rotatable bonds is 16. The second-order valence-electron chi connectivity index (χ2n) is 27.7. The number of likely N-dealkylation sites (N-methyl/N-ethyl adjacent to an activating group) is 1. The SMILES string of the molecule is C=C(c1cc2c(-c3c(Cl)cc(Cl)c4c3CCO4)nc(N)nc2s1)N(C)C1CC1.C=C(c1cc2c(-c3c(Cl)cc(Cl)c4c3CCO4)nc(N)nc2s1)N(C)C1COC1.C=C(c1cc2c(-c3c(Cl)cc(Cl)c4c3CCO4)nc(N)nc2s1)N(C)OC.CC(C)(O)CNC(=O)c1cc2c(-c3c(Cl)cc(Cl)c4c3CCO4)nc(N)nc2s1. The molecule has 113 heavy (non-hydrogen) atoms. The van der Waals surface area contributed by atoms with Gasteiger partial charge >= 0.3 is 0 Å². The molecule has 8 aromatic heterocycles. The van der Waals surface area contributed by atoms with Crippen molar-refractivity contribution in [3.05, 3.63) is 150 Å². The van der Waals surface area contributed by atoms with E-state index in [1.54, 1.807) is 74.7 Å². The van der Waals surface area contributed by atoms with E-state index in [-0.39, 0.29) is 36.2 Å². The van der Waals surface area contributed by atoms with Gasteiger partial charge in [-0.15, -0.1) is 45.3 Å². The fourth-order valence-corrected chi connectivity index (χ4v) is 20.3. The molecule has 18 rings (SSSR count). The Labute approximate surface area is 704 Å². The zero-order valence-electron chi connectivity index (χ0n) is 61.3. The van der Waals surface area contributed by atoms with Crippen molar-refractivity contribution in [1.82, 2.24) is 60.1 Å². The Kier molecular flexibility index (Phi) is 22.7. The third-order valence-electron chi connectivity index (χ3n) is 19.6.